The molecule has 0 heterocycles. The zero-order valence-corrected chi connectivity index (χ0v) is 52.8. The van der Waals surface area contributed by atoms with Crippen LogP contribution in [0.3, 0.4) is 0 Å². The molecule has 6 heteroatoms. The third-order valence-electron chi connectivity index (χ3n) is 16.6. The summed E-state index contributed by atoms with van der Waals surface area (Å²) in [5.74, 6) is -0.818. The summed E-state index contributed by atoms with van der Waals surface area (Å²) in [6, 6.07) is 0. The van der Waals surface area contributed by atoms with E-state index in [1.54, 1.807) is 0 Å². The molecular weight excluding hydrogens is 949 g/mol. The Morgan fingerprint density at radius 3 is 0.519 bits per heavy atom. The van der Waals surface area contributed by atoms with Crippen LogP contribution >= 0.6 is 0 Å². The molecule has 0 amide bonds. The standard InChI is InChI=1S/C71H138O6/c1-4-7-10-13-16-19-22-25-28-31-33-34-35-36-37-39-40-43-46-49-52-55-58-61-64-70(73)76-67-68(66-75-69(72)63-60-57-54-51-48-45-42-30-27-24-21-18-15-12-9-6-3)77-71(74)65-62-59-56-53-50-47-44-41-38-32-29-26-23-20-17-14-11-8-5-2/h68H,4-67H2,1-3H3. The Bertz CT molecular complexity index is 1160. The van der Waals surface area contributed by atoms with Crippen LogP contribution in [0.2, 0.25) is 0 Å². The highest BCUT2D eigenvalue weighted by molar-refractivity contribution is 5.71. The summed E-state index contributed by atoms with van der Waals surface area (Å²) in [6.45, 7) is 6.75. The van der Waals surface area contributed by atoms with Gasteiger partial charge in [-0.05, 0) is 19.3 Å². The van der Waals surface area contributed by atoms with Crippen LogP contribution in [-0.2, 0) is 28.6 Å². The highest BCUT2D eigenvalue weighted by Crippen LogP contribution is 2.19. The first kappa shape index (κ1) is 75.4. The first-order valence-electron chi connectivity index (χ1n) is 35.5. The summed E-state index contributed by atoms with van der Waals surface area (Å²) in [4.78, 5) is 38.4. The molecule has 0 aromatic carbocycles. The van der Waals surface area contributed by atoms with Gasteiger partial charge in [-0.3, -0.25) is 14.4 Å². The van der Waals surface area contributed by atoms with Gasteiger partial charge in [-0.25, -0.2) is 0 Å². The van der Waals surface area contributed by atoms with Gasteiger partial charge in [-0.1, -0.05) is 380 Å². The Labute approximate surface area is 482 Å². The van der Waals surface area contributed by atoms with Gasteiger partial charge in [0, 0.05) is 19.3 Å². The van der Waals surface area contributed by atoms with E-state index in [0.717, 1.165) is 57.8 Å². The first-order valence-corrected chi connectivity index (χ1v) is 35.5. The van der Waals surface area contributed by atoms with E-state index in [-0.39, 0.29) is 31.1 Å². The van der Waals surface area contributed by atoms with Gasteiger partial charge in [0.05, 0.1) is 0 Å². The Morgan fingerprint density at radius 1 is 0.208 bits per heavy atom. The molecule has 6 nitrogen and oxygen atoms in total. The smallest absolute Gasteiger partial charge is 0.306 e. The largest absolute Gasteiger partial charge is 0.462 e. The molecule has 0 aromatic rings. The third kappa shape index (κ3) is 65.1. The molecule has 0 saturated carbocycles. The van der Waals surface area contributed by atoms with Crippen molar-refractivity contribution in [2.24, 2.45) is 0 Å². The van der Waals surface area contributed by atoms with Gasteiger partial charge in [-0.15, -0.1) is 0 Å². The van der Waals surface area contributed by atoms with Crippen molar-refractivity contribution in [2.75, 3.05) is 13.2 Å². The lowest BCUT2D eigenvalue weighted by Crippen LogP contribution is -2.30. The quantitative estimate of drug-likeness (QED) is 0.0343. The molecule has 0 aliphatic heterocycles. The Morgan fingerprint density at radius 2 is 0.351 bits per heavy atom. The van der Waals surface area contributed by atoms with Crippen molar-refractivity contribution in [3.8, 4) is 0 Å². The van der Waals surface area contributed by atoms with E-state index in [9.17, 15) is 14.4 Å². The Kier molecular flexibility index (Phi) is 65.5. The number of hydrogen-bond acceptors (Lipinski definition) is 6. The van der Waals surface area contributed by atoms with Crippen LogP contribution in [0.15, 0.2) is 0 Å². The number of carbonyl (C=O) groups excluding carboxylic acids is 3. The van der Waals surface area contributed by atoms with E-state index >= 15 is 0 Å². The van der Waals surface area contributed by atoms with E-state index in [4.69, 9.17) is 14.2 Å². The van der Waals surface area contributed by atoms with Crippen molar-refractivity contribution in [1.29, 1.82) is 0 Å². The van der Waals surface area contributed by atoms with Crippen LogP contribution in [0.1, 0.15) is 419 Å². The van der Waals surface area contributed by atoms with E-state index < -0.39 is 6.10 Å². The van der Waals surface area contributed by atoms with Gasteiger partial charge in [0.1, 0.15) is 13.2 Å². The Hall–Kier alpha value is -1.59. The average Bonchev–Trinajstić information content (AvgIpc) is 3.43. The van der Waals surface area contributed by atoms with Crippen LogP contribution < -0.4 is 0 Å². The molecular formula is C71H138O6. The van der Waals surface area contributed by atoms with E-state index in [1.165, 1.54) is 321 Å². The van der Waals surface area contributed by atoms with Crippen LogP contribution in [0, 0.1) is 0 Å². The molecule has 0 bridgehead atoms. The molecule has 77 heavy (non-hydrogen) atoms. The van der Waals surface area contributed by atoms with Gasteiger partial charge in [0.15, 0.2) is 6.10 Å². The van der Waals surface area contributed by atoms with E-state index in [0.29, 0.717) is 19.3 Å². The fourth-order valence-corrected chi connectivity index (χ4v) is 11.3. The maximum Gasteiger partial charge on any atom is 0.306 e. The van der Waals surface area contributed by atoms with Gasteiger partial charge in [0.25, 0.3) is 0 Å². The molecule has 0 fully saturated rings. The van der Waals surface area contributed by atoms with Gasteiger partial charge < -0.3 is 14.2 Å². The fourth-order valence-electron chi connectivity index (χ4n) is 11.3. The number of unbranched alkanes of at least 4 members (excludes halogenated alkanes) is 56. The first-order chi connectivity index (χ1) is 38.0. The van der Waals surface area contributed by atoms with Crippen molar-refractivity contribution in [2.45, 2.75) is 425 Å². The molecule has 0 N–H and O–H groups in total. The van der Waals surface area contributed by atoms with Gasteiger partial charge >= 0.3 is 17.9 Å². The van der Waals surface area contributed by atoms with Gasteiger partial charge in [0.2, 0.25) is 0 Å². The van der Waals surface area contributed by atoms with Gasteiger partial charge in [-0.2, -0.15) is 0 Å². The summed E-state index contributed by atoms with van der Waals surface area (Å²) in [5.41, 5.74) is 0. The zero-order chi connectivity index (χ0) is 55.7. The SMILES string of the molecule is CCCCCCCCCCCCCCCCCCCCCCCCCCC(=O)OCC(COC(=O)CCCCCCCCCCCCCCCCCC)OC(=O)CCCCCCCCCCCCCCCCCCCCC. The molecule has 0 aliphatic rings. The van der Waals surface area contributed by atoms with Crippen molar-refractivity contribution >= 4 is 17.9 Å². The summed E-state index contributed by atoms with van der Waals surface area (Å²) >= 11 is 0. The lowest BCUT2D eigenvalue weighted by molar-refractivity contribution is -0.167. The third-order valence-corrected chi connectivity index (χ3v) is 16.6. The molecule has 0 radical (unpaired) electrons. The Balaban J connectivity index is 4.23. The minimum Gasteiger partial charge on any atom is -0.462 e. The number of esters is 3. The molecule has 0 rings (SSSR count). The monoisotopic (exact) mass is 1090 g/mol. The van der Waals surface area contributed by atoms with Crippen LogP contribution in [0.5, 0.6) is 0 Å². The van der Waals surface area contributed by atoms with Crippen LogP contribution in [0.25, 0.3) is 0 Å². The molecule has 0 spiro atoms. The summed E-state index contributed by atoms with van der Waals surface area (Å²) in [7, 11) is 0. The molecule has 0 saturated heterocycles. The van der Waals surface area contributed by atoms with Crippen LogP contribution in [-0.4, -0.2) is 37.2 Å². The second-order valence-corrected chi connectivity index (χ2v) is 24.5. The highest BCUT2D eigenvalue weighted by atomic mass is 16.6. The number of hydrogen-bond donors (Lipinski definition) is 0. The average molecular weight is 1090 g/mol. The lowest BCUT2D eigenvalue weighted by Gasteiger charge is -2.18. The lowest BCUT2D eigenvalue weighted by atomic mass is 10.0. The summed E-state index contributed by atoms with van der Waals surface area (Å²) < 4.78 is 17.0. The topological polar surface area (TPSA) is 78.9 Å². The predicted molar refractivity (Wildman–Crippen MR) is 335 cm³/mol. The van der Waals surface area contributed by atoms with Crippen LogP contribution in [0.4, 0.5) is 0 Å². The molecule has 1 atom stereocenters. The number of ether oxygens (including phenoxy) is 3. The van der Waals surface area contributed by atoms with E-state index in [1.807, 2.05) is 0 Å². The maximum atomic E-state index is 12.9. The predicted octanol–water partition coefficient (Wildman–Crippen LogP) is 24.2. The highest BCUT2D eigenvalue weighted by Gasteiger charge is 2.19. The number of rotatable bonds is 67. The fraction of sp³-hybridized carbons (Fsp3) is 0.958. The maximum absolute atomic E-state index is 12.9. The van der Waals surface area contributed by atoms with Crippen molar-refractivity contribution in [3.05, 3.63) is 0 Å². The molecule has 458 valence electrons. The second-order valence-electron chi connectivity index (χ2n) is 24.5. The normalized spacial score (nSPS) is 11.9. The number of carbonyl (C=O) groups is 3. The van der Waals surface area contributed by atoms with Crippen molar-refractivity contribution < 1.29 is 28.6 Å². The molecule has 0 aromatic heterocycles. The minimum atomic E-state index is -0.763. The van der Waals surface area contributed by atoms with Crippen molar-refractivity contribution in [1.82, 2.24) is 0 Å². The molecule has 1 unspecified atom stereocenters. The van der Waals surface area contributed by atoms with E-state index in [2.05, 4.69) is 20.8 Å². The zero-order valence-electron chi connectivity index (χ0n) is 52.8. The molecule has 0 aliphatic carbocycles. The van der Waals surface area contributed by atoms with Crippen molar-refractivity contribution in [3.63, 3.8) is 0 Å². The summed E-state index contributed by atoms with van der Waals surface area (Å²) in [6.07, 6.45) is 78.4. The second kappa shape index (κ2) is 66.9. The summed E-state index contributed by atoms with van der Waals surface area (Å²) in [5, 5.41) is 0. The minimum absolute atomic E-state index is 0.0600.